The SMILES string of the molecule is C=C1N(C[C@H]2CC[C@H](N)CC2)c2ccccc2N1C1=CCN=C(N2CCCC2=O)C=C1. The van der Waals surface area contributed by atoms with E-state index in [1.54, 1.807) is 4.90 Å². The van der Waals surface area contributed by atoms with Gasteiger partial charge in [0.1, 0.15) is 11.7 Å². The number of nitrogens with two attached hydrogens (primary N) is 1. The van der Waals surface area contributed by atoms with Crippen molar-refractivity contribution in [2.45, 2.75) is 44.6 Å². The van der Waals surface area contributed by atoms with Crippen LogP contribution in [0, 0.1) is 5.92 Å². The van der Waals surface area contributed by atoms with Crippen molar-refractivity contribution in [3.05, 3.63) is 60.6 Å². The highest BCUT2D eigenvalue weighted by Gasteiger charge is 2.34. The Morgan fingerprint density at radius 3 is 2.61 bits per heavy atom. The van der Waals surface area contributed by atoms with E-state index in [1.165, 1.54) is 18.5 Å². The molecule has 4 aliphatic rings. The van der Waals surface area contributed by atoms with Gasteiger partial charge in [0.05, 0.1) is 17.9 Å². The number of amidine groups is 1. The maximum atomic E-state index is 12.1. The second kappa shape index (κ2) is 8.35. The molecule has 3 heterocycles. The lowest BCUT2D eigenvalue weighted by atomic mass is 9.86. The highest BCUT2D eigenvalue weighted by atomic mass is 16.2. The molecule has 2 N–H and O–H groups in total. The number of carbonyl (C=O) groups is 1. The lowest BCUT2D eigenvalue weighted by Crippen LogP contribution is -2.35. The molecule has 2 fully saturated rings. The second-order valence-electron chi connectivity index (χ2n) is 8.94. The number of hydrogen-bond donors (Lipinski definition) is 1. The molecular weight excluding hydrogens is 386 g/mol. The third-order valence-electron chi connectivity index (χ3n) is 6.88. The quantitative estimate of drug-likeness (QED) is 0.813. The molecule has 6 heteroatoms. The van der Waals surface area contributed by atoms with E-state index in [4.69, 9.17) is 5.73 Å². The maximum absolute atomic E-state index is 12.1. The summed E-state index contributed by atoms with van der Waals surface area (Å²) in [5.74, 6) is 2.55. The highest BCUT2D eigenvalue weighted by Crippen LogP contribution is 2.44. The Morgan fingerprint density at radius 2 is 1.87 bits per heavy atom. The number of aliphatic imine (C=N–C) groups is 1. The van der Waals surface area contributed by atoms with Crippen LogP contribution in [0.25, 0.3) is 0 Å². The van der Waals surface area contributed by atoms with E-state index in [9.17, 15) is 4.79 Å². The van der Waals surface area contributed by atoms with Gasteiger partial charge in [0.25, 0.3) is 0 Å². The van der Waals surface area contributed by atoms with Crippen LogP contribution in [0.15, 0.2) is 65.6 Å². The summed E-state index contributed by atoms with van der Waals surface area (Å²) in [6, 6.07) is 8.87. The van der Waals surface area contributed by atoms with Crippen LogP contribution in [0.2, 0.25) is 0 Å². The summed E-state index contributed by atoms with van der Waals surface area (Å²) in [6.07, 6.45) is 12.3. The molecule has 0 atom stereocenters. The Labute approximate surface area is 184 Å². The maximum Gasteiger partial charge on any atom is 0.228 e. The van der Waals surface area contributed by atoms with E-state index >= 15 is 0 Å². The van der Waals surface area contributed by atoms with Crippen LogP contribution in [-0.2, 0) is 4.79 Å². The predicted molar refractivity (Wildman–Crippen MR) is 126 cm³/mol. The van der Waals surface area contributed by atoms with Gasteiger partial charge in [-0.15, -0.1) is 0 Å². The van der Waals surface area contributed by atoms with Crippen LogP contribution in [0.4, 0.5) is 11.4 Å². The molecule has 1 saturated carbocycles. The monoisotopic (exact) mass is 417 g/mol. The molecule has 0 unspecified atom stereocenters. The number of nitrogens with zero attached hydrogens (tertiary/aromatic N) is 4. The number of benzene rings is 1. The van der Waals surface area contributed by atoms with Crippen molar-refractivity contribution >= 4 is 23.1 Å². The number of carbonyl (C=O) groups excluding carboxylic acids is 1. The molecule has 0 radical (unpaired) electrons. The number of amides is 1. The first kappa shape index (κ1) is 20.1. The fourth-order valence-corrected chi connectivity index (χ4v) is 5.15. The van der Waals surface area contributed by atoms with E-state index in [0.29, 0.717) is 24.9 Å². The Morgan fingerprint density at radius 1 is 1.10 bits per heavy atom. The Balaban J connectivity index is 1.38. The molecule has 1 amide bonds. The van der Waals surface area contributed by atoms with Crippen molar-refractivity contribution in [2.24, 2.45) is 16.6 Å². The summed E-state index contributed by atoms with van der Waals surface area (Å²) in [7, 11) is 0. The molecule has 5 rings (SSSR count). The molecule has 162 valence electrons. The number of fused-ring (bicyclic) bond motifs is 1. The molecule has 6 nitrogen and oxygen atoms in total. The minimum Gasteiger partial charge on any atom is -0.328 e. The summed E-state index contributed by atoms with van der Waals surface area (Å²) in [6.45, 7) is 6.76. The smallest absolute Gasteiger partial charge is 0.228 e. The molecule has 1 aliphatic carbocycles. The molecule has 31 heavy (non-hydrogen) atoms. The van der Waals surface area contributed by atoms with Crippen molar-refractivity contribution in [1.29, 1.82) is 0 Å². The molecule has 1 aromatic carbocycles. The van der Waals surface area contributed by atoms with E-state index in [2.05, 4.69) is 57.8 Å². The van der Waals surface area contributed by atoms with Gasteiger partial charge in [-0.2, -0.15) is 0 Å². The summed E-state index contributed by atoms with van der Waals surface area (Å²) in [4.78, 5) is 23.2. The zero-order valence-electron chi connectivity index (χ0n) is 18.0. The van der Waals surface area contributed by atoms with Crippen LogP contribution in [0.1, 0.15) is 38.5 Å². The Kier molecular flexibility index (Phi) is 5.40. The normalized spacial score (nSPS) is 26.2. The molecular formula is C25H31N5O. The first-order valence-electron chi connectivity index (χ1n) is 11.5. The summed E-state index contributed by atoms with van der Waals surface area (Å²) >= 11 is 0. The number of likely N-dealkylation sites (tertiary alicyclic amines) is 1. The van der Waals surface area contributed by atoms with Gasteiger partial charge in [-0.25, -0.2) is 0 Å². The fraction of sp³-hybridized carbons (Fsp3) is 0.440. The summed E-state index contributed by atoms with van der Waals surface area (Å²) in [5, 5.41) is 0. The topological polar surface area (TPSA) is 65.2 Å². The fourth-order valence-electron chi connectivity index (χ4n) is 5.15. The molecule has 3 aliphatic heterocycles. The van der Waals surface area contributed by atoms with Crippen LogP contribution < -0.4 is 15.5 Å². The lowest BCUT2D eigenvalue weighted by Gasteiger charge is -2.32. The minimum absolute atomic E-state index is 0.168. The number of para-hydroxylation sites is 2. The zero-order chi connectivity index (χ0) is 21.4. The first-order chi connectivity index (χ1) is 15.1. The van der Waals surface area contributed by atoms with Gasteiger partial charge in [-0.3, -0.25) is 19.6 Å². The van der Waals surface area contributed by atoms with Gasteiger partial charge in [-0.05, 0) is 68.4 Å². The number of rotatable bonds is 3. The van der Waals surface area contributed by atoms with Gasteiger partial charge in [0, 0.05) is 31.2 Å². The molecule has 0 aromatic heterocycles. The van der Waals surface area contributed by atoms with Gasteiger partial charge >= 0.3 is 0 Å². The average Bonchev–Trinajstić information content (AvgIpc) is 3.21. The lowest BCUT2D eigenvalue weighted by molar-refractivity contribution is -0.124. The third kappa shape index (κ3) is 3.81. The molecule has 1 aromatic rings. The highest BCUT2D eigenvalue weighted by molar-refractivity contribution is 6.05. The Hall–Kier alpha value is -2.86. The van der Waals surface area contributed by atoms with Gasteiger partial charge in [-0.1, -0.05) is 18.7 Å². The van der Waals surface area contributed by atoms with Gasteiger partial charge in [0.15, 0.2) is 0 Å². The second-order valence-corrected chi connectivity index (χ2v) is 8.94. The van der Waals surface area contributed by atoms with Crippen molar-refractivity contribution in [2.75, 3.05) is 29.4 Å². The summed E-state index contributed by atoms with van der Waals surface area (Å²) in [5.41, 5.74) is 9.53. The van der Waals surface area contributed by atoms with Crippen LogP contribution in [0.3, 0.4) is 0 Å². The summed E-state index contributed by atoms with van der Waals surface area (Å²) < 4.78 is 0. The van der Waals surface area contributed by atoms with Crippen molar-refractivity contribution in [1.82, 2.24) is 4.90 Å². The molecule has 1 saturated heterocycles. The first-order valence-corrected chi connectivity index (χ1v) is 11.5. The minimum atomic E-state index is 0.168. The molecule has 0 spiro atoms. The largest absolute Gasteiger partial charge is 0.328 e. The van der Waals surface area contributed by atoms with E-state index < -0.39 is 0 Å². The van der Waals surface area contributed by atoms with E-state index in [0.717, 1.165) is 55.4 Å². The number of hydrogen-bond acceptors (Lipinski definition) is 5. The average molecular weight is 418 g/mol. The van der Waals surface area contributed by atoms with Crippen LogP contribution in [0.5, 0.6) is 0 Å². The zero-order valence-corrected chi connectivity index (χ0v) is 18.0. The van der Waals surface area contributed by atoms with E-state index in [-0.39, 0.29) is 5.91 Å². The third-order valence-corrected chi connectivity index (χ3v) is 6.88. The number of allylic oxidation sites excluding steroid dienone is 1. The van der Waals surface area contributed by atoms with Crippen molar-refractivity contribution < 1.29 is 4.79 Å². The predicted octanol–water partition coefficient (Wildman–Crippen LogP) is 3.78. The van der Waals surface area contributed by atoms with Gasteiger partial charge < -0.3 is 10.6 Å². The molecule has 0 bridgehead atoms. The van der Waals surface area contributed by atoms with Crippen molar-refractivity contribution in [3.8, 4) is 0 Å². The van der Waals surface area contributed by atoms with E-state index in [1.807, 2.05) is 6.08 Å². The standard InChI is InChI=1S/C25H31N5O/c1-18-29(17-19-8-10-20(26)11-9-19)22-5-2-3-6-23(22)30(18)21-12-13-24(27-15-14-21)28-16-4-7-25(28)31/h2-3,5-6,12-14,19-20H,1,4,7-11,15-17,26H2/t19-,20-. The number of anilines is 2. The van der Waals surface area contributed by atoms with Crippen LogP contribution in [-0.4, -0.2) is 42.3 Å². The Bertz CT molecular complexity index is 970. The van der Waals surface area contributed by atoms with Gasteiger partial charge in [0.2, 0.25) is 5.91 Å². The van der Waals surface area contributed by atoms with Crippen LogP contribution >= 0.6 is 0 Å². The van der Waals surface area contributed by atoms with Crippen molar-refractivity contribution in [3.63, 3.8) is 0 Å².